The van der Waals surface area contributed by atoms with Gasteiger partial charge in [-0.15, -0.1) is 0 Å². The van der Waals surface area contributed by atoms with Crippen LogP contribution in [0.15, 0.2) is 12.5 Å². The van der Waals surface area contributed by atoms with Crippen LogP contribution in [-0.2, 0) is 7.05 Å². The van der Waals surface area contributed by atoms with E-state index in [1.165, 1.54) is 0 Å². The number of nitrogens with one attached hydrogen (secondary N) is 1. The van der Waals surface area contributed by atoms with Gasteiger partial charge in [-0.25, -0.2) is 4.98 Å². The first-order valence-corrected chi connectivity index (χ1v) is 4.38. The highest BCUT2D eigenvalue weighted by molar-refractivity contribution is 5.13. The molecule has 0 saturated carbocycles. The van der Waals surface area contributed by atoms with E-state index in [-0.39, 0.29) is 6.04 Å². The lowest BCUT2D eigenvalue weighted by atomic mass is 10.2. The van der Waals surface area contributed by atoms with E-state index in [1.807, 2.05) is 11.6 Å². The predicted octanol–water partition coefficient (Wildman–Crippen LogP) is 0.984. The zero-order valence-corrected chi connectivity index (χ0v) is 7.99. The fraction of sp³-hybridized carbons (Fsp3) is 0.556. The molecule has 0 amide bonds. The Bertz CT molecular complexity index is 297. The Balaban J connectivity index is 2.68. The maximum absolute atomic E-state index is 8.90. The maximum Gasteiger partial charge on any atom is 0.138 e. The minimum absolute atomic E-state index is 0.243. The summed E-state index contributed by atoms with van der Waals surface area (Å²) in [5, 5.41) is 12.0. The van der Waals surface area contributed by atoms with E-state index >= 15 is 0 Å². The summed E-state index contributed by atoms with van der Waals surface area (Å²) in [5.41, 5.74) is 0.913. The summed E-state index contributed by atoms with van der Waals surface area (Å²) < 4.78 is 1.86. The lowest BCUT2D eigenvalue weighted by Crippen LogP contribution is -2.22. The quantitative estimate of drug-likeness (QED) is 0.747. The fourth-order valence-corrected chi connectivity index (χ4v) is 1.15. The first-order chi connectivity index (χ1) is 6.29. The average molecular weight is 178 g/mol. The number of imidazole rings is 1. The second kappa shape index (κ2) is 4.63. The van der Waals surface area contributed by atoms with Crippen molar-refractivity contribution in [2.24, 2.45) is 7.05 Å². The molecule has 1 unspecified atom stereocenters. The van der Waals surface area contributed by atoms with Gasteiger partial charge in [0.05, 0.1) is 24.3 Å². The van der Waals surface area contributed by atoms with Gasteiger partial charge in [0.2, 0.25) is 0 Å². The predicted molar refractivity (Wildman–Crippen MR) is 49.9 cm³/mol. The van der Waals surface area contributed by atoms with E-state index in [2.05, 4.69) is 23.3 Å². The summed E-state index contributed by atoms with van der Waals surface area (Å²) in [6, 6.07) is 1.97. The molecule has 1 atom stereocenters. The molecule has 0 spiro atoms. The molecule has 0 saturated heterocycles. The maximum atomic E-state index is 8.90. The van der Waals surface area contributed by atoms with Crippen LogP contribution in [0.5, 0.6) is 0 Å². The molecule has 0 aliphatic carbocycles. The number of rotatable bonds is 4. The Labute approximate surface area is 78.2 Å². The molecule has 70 valence electrons. The minimum Gasteiger partial charge on any atom is -0.335 e. The first kappa shape index (κ1) is 9.75. The van der Waals surface area contributed by atoms with Crippen LogP contribution in [0.3, 0.4) is 0 Å². The zero-order valence-electron chi connectivity index (χ0n) is 7.99. The Kier molecular flexibility index (Phi) is 3.47. The fourth-order valence-electron chi connectivity index (χ4n) is 1.15. The van der Waals surface area contributed by atoms with Gasteiger partial charge >= 0.3 is 0 Å². The van der Waals surface area contributed by atoms with Crippen LogP contribution in [0.1, 0.15) is 25.1 Å². The van der Waals surface area contributed by atoms with Crippen molar-refractivity contribution in [3.63, 3.8) is 0 Å². The number of aromatic nitrogens is 2. The van der Waals surface area contributed by atoms with Crippen LogP contribution in [-0.4, -0.2) is 16.1 Å². The summed E-state index contributed by atoms with van der Waals surface area (Å²) in [6.45, 7) is 2.92. The van der Waals surface area contributed by atoms with Crippen LogP contribution in [0, 0.1) is 11.3 Å². The van der Waals surface area contributed by atoms with Crippen molar-refractivity contribution in [1.29, 1.82) is 5.26 Å². The van der Waals surface area contributed by atoms with E-state index in [1.54, 1.807) is 12.5 Å². The van der Waals surface area contributed by atoms with Crippen LogP contribution < -0.4 is 5.32 Å². The summed E-state index contributed by atoms with van der Waals surface area (Å²) in [7, 11) is 1.89. The third-order valence-electron chi connectivity index (χ3n) is 1.88. The van der Waals surface area contributed by atoms with E-state index in [0.29, 0.717) is 0 Å². The third-order valence-corrected chi connectivity index (χ3v) is 1.88. The van der Waals surface area contributed by atoms with E-state index in [9.17, 15) is 0 Å². The molecule has 0 aliphatic heterocycles. The van der Waals surface area contributed by atoms with Crippen molar-refractivity contribution < 1.29 is 0 Å². The molecule has 0 aromatic carbocycles. The van der Waals surface area contributed by atoms with Gasteiger partial charge in [0.1, 0.15) is 6.04 Å². The number of aryl methyl sites for hydroxylation is 1. The number of nitriles is 1. The summed E-state index contributed by atoms with van der Waals surface area (Å²) >= 11 is 0. The van der Waals surface area contributed by atoms with Crippen molar-refractivity contribution in [3.8, 4) is 6.07 Å². The standard InChI is InChI=1S/C9H14N4/c1-3-4-12-8(5-10)9-6-11-7-13(9)2/h6-8,12H,3-4H2,1-2H3. The molecular weight excluding hydrogens is 164 g/mol. The number of nitrogens with zero attached hydrogens (tertiary/aromatic N) is 3. The second-order valence-electron chi connectivity index (χ2n) is 2.95. The number of hydrogen-bond acceptors (Lipinski definition) is 3. The van der Waals surface area contributed by atoms with Gasteiger partial charge in [-0.2, -0.15) is 5.26 Å². The van der Waals surface area contributed by atoms with Crippen molar-refractivity contribution in [2.75, 3.05) is 6.54 Å². The largest absolute Gasteiger partial charge is 0.335 e. The van der Waals surface area contributed by atoms with E-state index < -0.39 is 0 Å². The summed E-state index contributed by atoms with van der Waals surface area (Å²) in [4.78, 5) is 3.97. The Morgan fingerprint density at radius 2 is 2.54 bits per heavy atom. The van der Waals surface area contributed by atoms with Crippen molar-refractivity contribution in [1.82, 2.24) is 14.9 Å². The molecule has 1 aromatic rings. The molecule has 1 heterocycles. The second-order valence-corrected chi connectivity index (χ2v) is 2.95. The van der Waals surface area contributed by atoms with Crippen LogP contribution in [0.25, 0.3) is 0 Å². The SMILES string of the molecule is CCCNC(C#N)c1cncn1C. The summed E-state index contributed by atoms with van der Waals surface area (Å²) in [6.07, 6.45) is 4.44. The van der Waals surface area contributed by atoms with Gasteiger partial charge in [0.15, 0.2) is 0 Å². The normalized spacial score (nSPS) is 12.4. The molecule has 0 fully saturated rings. The Morgan fingerprint density at radius 3 is 3.00 bits per heavy atom. The van der Waals surface area contributed by atoms with E-state index in [0.717, 1.165) is 18.7 Å². The van der Waals surface area contributed by atoms with E-state index in [4.69, 9.17) is 5.26 Å². The molecular formula is C9H14N4. The third kappa shape index (κ3) is 2.30. The van der Waals surface area contributed by atoms with Crippen molar-refractivity contribution in [3.05, 3.63) is 18.2 Å². The van der Waals surface area contributed by atoms with Crippen molar-refractivity contribution in [2.45, 2.75) is 19.4 Å². The summed E-state index contributed by atoms with van der Waals surface area (Å²) in [5.74, 6) is 0. The van der Waals surface area contributed by atoms with Crippen molar-refractivity contribution >= 4 is 0 Å². The lowest BCUT2D eigenvalue weighted by Gasteiger charge is -2.10. The monoisotopic (exact) mass is 178 g/mol. The zero-order chi connectivity index (χ0) is 9.68. The average Bonchev–Trinajstić information content (AvgIpc) is 2.54. The highest BCUT2D eigenvalue weighted by Gasteiger charge is 2.11. The molecule has 0 bridgehead atoms. The molecule has 1 N–H and O–H groups in total. The minimum atomic E-state index is -0.243. The molecule has 4 heteroatoms. The molecule has 13 heavy (non-hydrogen) atoms. The van der Waals surface area contributed by atoms with Crippen LogP contribution in [0.2, 0.25) is 0 Å². The van der Waals surface area contributed by atoms with Gasteiger partial charge in [-0.3, -0.25) is 5.32 Å². The van der Waals surface area contributed by atoms with Gasteiger partial charge in [-0.05, 0) is 13.0 Å². The molecule has 0 radical (unpaired) electrons. The van der Waals surface area contributed by atoms with Crippen LogP contribution in [0.4, 0.5) is 0 Å². The Morgan fingerprint density at radius 1 is 1.77 bits per heavy atom. The molecule has 4 nitrogen and oxygen atoms in total. The van der Waals surface area contributed by atoms with Gasteiger partial charge in [0, 0.05) is 7.05 Å². The first-order valence-electron chi connectivity index (χ1n) is 4.38. The number of hydrogen-bond donors (Lipinski definition) is 1. The topological polar surface area (TPSA) is 53.6 Å². The van der Waals surface area contributed by atoms with Gasteiger partial charge in [-0.1, -0.05) is 6.92 Å². The molecule has 0 aliphatic rings. The lowest BCUT2D eigenvalue weighted by molar-refractivity contribution is 0.591. The van der Waals surface area contributed by atoms with Gasteiger partial charge < -0.3 is 4.57 Å². The molecule has 1 aromatic heterocycles. The van der Waals surface area contributed by atoms with Crippen LogP contribution >= 0.6 is 0 Å². The highest BCUT2D eigenvalue weighted by atomic mass is 15.1. The molecule has 1 rings (SSSR count). The smallest absolute Gasteiger partial charge is 0.138 e. The van der Waals surface area contributed by atoms with Gasteiger partial charge in [0.25, 0.3) is 0 Å². The Hall–Kier alpha value is -1.34. The highest BCUT2D eigenvalue weighted by Crippen LogP contribution is 2.09.